The third kappa shape index (κ3) is 8.09. The second-order valence-electron chi connectivity index (χ2n) is 13.7. The van der Waals surface area contributed by atoms with Gasteiger partial charge in [0, 0.05) is 24.5 Å². The fourth-order valence-electron chi connectivity index (χ4n) is 5.70. The first-order valence-electron chi connectivity index (χ1n) is 15.3. The van der Waals surface area contributed by atoms with Crippen molar-refractivity contribution in [3.8, 4) is 11.1 Å². The Morgan fingerprint density at radius 3 is 1.34 bits per heavy atom. The van der Waals surface area contributed by atoms with E-state index >= 15 is 0 Å². The van der Waals surface area contributed by atoms with Crippen molar-refractivity contribution in [1.82, 2.24) is 9.80 Å². The number of carbonyl (C=O) groups is 4. The Morgan fingerprint density at radius 2 is 1.02 bits per heavy atom. The lowest BCUT2D eigenvalue weighted by Crippen LogP contribution is -2.45. The molecular formula is C34H46N4O6. The Morgan fingerprint density at radius 1 is 0.659 bits per heavy atom. The minimum absolute atomic E-state index is 0.232. The summed E-state index contributed by atoms with van der Waals surface area (Å²) in [6.07, 6.45) is 1.72. The van der Waals surface area contributed by atoms with Crippen molar-refractivity contribution < 1.29 is 28.7 Å². The zero-order valence-electron chi connectivity index (χ0n) is 27.2. The van der Waals surface area contributed by atoms with Crippen molar-refractivity contribution in [2.75, 3.05) is 23.7 Å². The van der Waals surface area contributed by atoms with Gasteiger partial charge in [0.1, 0.15) is 23.3 Å². The van der Waals surface area contributed by atoms with E-state index in [1.807, 2.05) is 91.8 Å². The van der Waals surface area contributed by atoms with Crippen LogP contribution in [0, 0.1) is 13.8 Å². The molecule has 4 amide bonds. The van der Waals surface area contributed by atoms with Gasteiger partial charge in [-0.25, -0.2) is 9.59 Å². The standard InChI is InChI=1S/C34H46N4O6/c1-21-19-23(35-29(39)27-11-9-17-37(27)31(41)43-33(3,4)5)13-15-25(21)26-16-14-24(20-22(26)2)36-30(40)28-12-10-18-38(28)32(42)44-34(6,7)8/h13-16,19-20,27-28H,9-12,17-18H2,1-8H3,(H,35,39)(H,36,40)/t27-,28-/m0/s1. The molecule has 2 atom stereocenters. The number of hydrogen-bond acceptors (Lipinski definition) is 6. The molecule has 2 N–H and O–H groups in total. The molecule has 2 saturated heterocycles. The van der Waals surface area contributed by atoms with Crippen molar-refractivity contribution in [1.29, 1.82) is 0 Å². The van der Waals surface area contributed by atoms with E-state index in [2.05, 4.69) is 10.6 Å². The summed E-state index contributed by atoms with van der Waals surface area (Å²) in [5, 5.41) is 5.95. The number of rotatable bonds is 5. The monoisotopic (exact) mass is 606 g/mol. The second-order valence-corrected chi connectivity index (χ2v) is 13.7. The average Bonchev–Trinajstić information content (AvgIpc) is 3.58. The maximum Gasteiger partial charge on any atom is 0.410 e. The molecule has 4 rings (SSSR count). The maximum absolute atomic E-state index is 13.1. The number of ether oxygens (including phenoxy) is 2. The molecule has 0 saturated carbocycles. The van der Waals surface area contributed by atoms with Crippen molar-refractivity contribution in [2.45, 2.75) is 104 Å². The predicted octanol–water partition coefficient (Wildman–Crippen LogP) is 6.65. The quantitative estimate of drug-likeness (QED) is 0.394. The van der Waals surface area contributed by atoms with Gasteiger partial charge in [-0.1, -0.05) is 12.1 Å². The van der Waals surface area contributed by atoms with E-state index in [4.69, 9.17) is 9.47 Å². The Balaban J connectivity index is 1.41. The van der Waals surface area contributed by atoms with Gasteiger partial charge in [-0.15, -0.1) is 0 Å². The van der Waals surface area contributed by atoms with Gasteiger partial charge in [0.05, 0.1) is 0 Å². The summed E-state index contributed by atoms with van der Waals surface area (Å²) in [5.74, 6) is -0.464. The summed E-state index contributed by atoms with van der Waals surface area (Å²) in [5.41, 5.74) is 3.99. The van der Waals surface area contributed by atoms with E-state index in [1.165, 1.54) is 9.80 Å². The molecule has 2 fully saturated rings. The number of amides is 4. The molecule has 2 aromatic carbocycles. The van der Waals surface area contributed by atoms with Crippen LogP contribution in [-0.4, -0.2) is 70.2 Å². The average molecular weight is 607 g/mol. The summed E-state index contributed by atoms with van der Waals surface area (Å²) in [6.45, 7) is 15.8. The Hall–Kier alpha value is -4.08. The smallest absolute Gasteiger partial charge is 0.410 e. The van der Waals surface area contributed by atoms with E-state index in [0.717, 1.165) is 35.1 Å². The molecule has 0 radical (unpaired) electrons. The molecule has 0 unspecified atom stereocenters. The van der Waals surface area contributed by atoms with E-state index in [-0.39, 0.29) is 11.8 Å². The van der Waals surface area contributed by atoms with Gasteiger partial charge in [-0.05, 0) is 128 Å². The first kappa shape index (κ1) is 32.8. The fraction of sp³-hybridized carbons (Fsp3) is 0.529. The first-order chi connectivity index (χ1) is 20.5. The van der Waals surface area contributed by atoms with Crippen LogP contribution in [0.5, 0.6) is 0 Å². The van der Waals surface area contributed by atoms with Gasteiger partial charge in [-0.2, -0.15) is 0 Å². The van der Waals surface area contributed by atoms with Crippen LogP contribution < -0.4 is 10.6 Å². The maximum atomic E-state index is 13.1. The number of aryl methyl sites for hydroxylation is 2. The highest BCUT2D eigenvalue weighted by atomic mass is 16.6. The van der Waals surface area contributed by atoms with Crippen LogP contribution in [0.3, 0.4) is 0 Å². The normalized spacial score (nSPS) is 18.6. The lowest BCUT2D eigenvalue weighted by atomic mass is 9.95. The SMILES string of the molecule is Cc1cc(NC(=O)[C@@H]2CCCN2C(=O)OC(C)(C)C)ccc1-c1ccc(NC(=O)[C@@H]2CCCN2C(=O)OC(C)(C)C)cc1C. The highest BCUT2D eigenvalue weighted by Crippen LogP contribution is 2.31. The Labute approximate surface area is 260 Å². The molecule has 0 spiro atoms. The zero-order chi connectivity index (χ0) is 32.4. The fourth-order valence-corrected chi connectivity index (χ4v) is 5.70. The molecule has 2 aliphatic rings. The van der Waals surface area contributed by atoms with E-state index in [9.17, 15) is 19.2 Å². The van der Waals surface area contributed by atoms with Crippen LogP contribution in [0.4, 0.5) is 21.0 Å². The number of nitrogens with one attached hydrogen (secondary N) is 2. The van der Waals surface area contributed by atoms with Gasteiger partial charge in [0.2, 0.25) is 11.8 Å². The molecule has 0 bridgehead atoms. The molecule has 0 aromatic heterocycles. The van der Waals surface area contributed by atoms with Crippen LogP contribution in [0.2, 0.25) is 0 Å². The largest absolute Gasteiger partial charge is 0.444 e. The van der Waals surface area contributed by atoms with Gasteiger partial charge in [0.25, 0.3) is 0 Å². The van der Waals surface area contributed by atoms with E-state index in [0.29, 0.717) is 37.3 Å². The van der Waals surface area contributed by atoms with Crippen LogP contribution in [0.15, 0.2) is 36.4 Å². The molecule has 2 aliphatic heterocycles. The third-order valence-corrected chi connectivity index (χ3v) is 7.64. The molecule has 0 aliphatic carbocycles. The Kier molecular flexibility index (Phi) is 9.61. The van der Waals surface area contributed by atoms with Gasteiger partial charge >= 0.3 is 12.2 Å². The lowest BCUT2D eigenvalue weighted by Gasteiger charge is -2.28. The number of nitrogens with zero attached hydrogens (tertiary/aromatic N) is 2. The van der Waals surface area contributed by atoms with Crippen LogP contribution in [0.25, 0.3) is 11.1 Å². The van der Waals surface area contributed by atoms with Crippen molar-refractivity contribution >= 4 is 35.4 Å². The molecule has 238 valence electrons. The molecule has 2 aromatic rings. The van der Waals surface area contributed by atoms with Crippen LogP contribution in [0.1, 0.15) is 78.4 Å². The minimum atomic E-state index is -0.630. The minimum Gasteiger partial charge on any atom is -0.444 e. The van der Waals surface area contributed by atoms with Crippen LogP contribution in [-0.2, 0) is 19.1 Å². The van der Waals surface area contributed by atoms with Gasteiger partial charge in [-0.3, -0.25) is 19.4 Å². The molecule has 10 nitrogen and oxygen atoms in total. The van der Waals surface area contributed by atoms with E-state index < -0.39 is 35.5 Å². The molecule has 10 heteroatoms. The number of benzene rings is 2. The summed E-state index contributed by atoms with van der Waals surface area (Å²) in [4.78, 5) is 54.5. The van der Waals surface area contributed by atoms with Crippen molar-refractivity contribution in [2.24, 2.45) is 0 Å². The molecular weight excluding hydrogens is 560 g/mol. The van der Waals surface area contributed by atoms with Crippen molar-refractivity contribution in [3.05, 3.63) is 47.5 Å². The highest BCUT2D eigenvalue weighted by Gasteiger charge is 2.38. The topological polar surface area (TPSA) is 117 Å². The Bertz CT molecular complexity index is 1320. The number of anilines is 2. The zero-order valence-corrected chi connectivity index (χ0v) is 27.2. The summed E-state index contributed by atoms with van der Waals surface area (Å²) in [6, 6.07) is 10.3. The van der Waals surface area contributed by atoms with Gasteiger partial charge < -0.3 is 20.1 Å². The van der Waals surface area contributed by atoms with Gasteiger partial charge in [0.15, 0.2) is 0 Å². The van der Waals surface area contributed by atoms with Crippen molar-refractivity contribution in [3.63, 3.8) is 0 Å². The molecule has 2 heterocycles. The van der Waals surface area contributed by atoms with Crippen LogP contribution >= 0.6 is 0 Å². The summed E-state index contributed by atoms with van der Waals surface area (Å²) >= 11 is 0. The number of carbonyl (C=O) groups excluding carboxylic acids is 4. The number of hydrogen-bond donors (Lipinski definition) is 2. The van der Waals surface area contributed by atoms with E-state index in [1.54, 1.807) is 0 Å². The lowest BCUT2D eigenvalue weighted by molar-refractivity contribution is -0.121. The first-order valence-corrected chi connectivity index (χ1v) is 15.3. The molecule has 44 heavy (non-hydrogen) atoms. The summed E-state index contributed by atoms with van der Waals surface area (Å²) < 4.78 is 11.0. The summed E-state index contributed by atoms with van der Waals surface area (Å²) in [7, 11) is 0. The third-order valence-electron chi connectivity index (χ3n) is 7.64. The second kappa shape index (κ2) is 12.9. The highest BCUT2D eigenvalue weighted by molar-refractivity contribution is 5.98. The number of likely N-dealkylation sites (tertiary alicyclic amines) is 2. The predicted molar refractivity (Wildman–Crippen MR) is 171 cm³/mol.